The fraction of sp³-hybridized carbons (Fsp3) is 0.583. The maximum Gasteiger partial charge on any atom is 0.191 e. The molecule has 0 bridgehead atoms. The number of benzene rings is 3. The van der Waals surface area contributed by atoms with E-state index < -0.39 is 202 Å². The van der Waals surface area contributed by atoms with E-state index in [1.165, 1.54) is 54.9 Å². The van der Waals surface area contributed by atoms with E-state index in [0.717, 1.165) is 41.4 Å². The average Bonchev–Trinajstić information content (AvgIpc) is 1.52. The van der Waals surface area contributed by atoms with E-state index in [-0.39, 0.29) is 122 Å². The van der Waals surface area contributed by atoms with Crippen molar-refractivity contribution in [3.05, 3.63) is 105 Å². The Balaban J connectivity index is 0.000000169. The minimum absolute atomic E-state index is 0.0222. The standard InChI is InChI=1S/3C24H31FN6O4S/c3*1-3-8-36-24-27-22(26-16-10-14(16)13-5-4-12(2)15(25)9-13)19-23(28-24)31(30-29-19)17-11-18(35-7-6-32)21(34)20(17)33/h3*4-5,9,14,16-18,20-21,32-34H,3,6-8,10-11H2,1-2H3,(H,26,27,28)/t3*14-,16+,17+,18-,20-,21+/m000/s1/i6D2,7D2,8D2,10D2,14D;3D2,6D2,8D2,10D2,14D;3D2,8D2,10D2,14D. The van der Waals surface area contributed by atoms with E-state index in [2.05, 4.69) is 76.8 Å². The molecule has 6 fully saturated rings. The van der Waals surface area contributed by atoms with Gasteiger partial charge in [-0.25, -0.2) is 57.1 Å². The molecule has 9 aromatic rings. The van der Waals surface area contributed by atoms with E-state index in [0.29, 0.717) is 52.0 Å². The number of rotatable bonds is 30. The van der Waals surface area contributed by atoms with Gasteiger partial charge in [0.15, 0.2) is 66.4 Å². The number of hydrogen-bond acceptors (Lipinski definition) is 30. The van der Waals surface area contributed by atoms with E-state index in [1.54, 1.807) is 13.8 Å². The molecular weight excluding hydrogens is 1460 g/mol. The second-order valence-corrected chi connectivity index (χ2v) is 27.8. The molecule has 15 rings (SSSR count). The molecular formula is C72H93F3N18O12S3. The van der Waals surface area contributed by atoms with Crippen molar-refractivity contribution in [1.82, 2.24) is 74.9 Å². The van der Waals surface area contributed by atoms with Crippen molar-refractivity contribution in [2.75, 3.05) is 72.6 Å². The number of aromatic nitrogens is 15. The topological polar surface area (TPSA) is 415 Å². The lowest BCUT2D eigenvalue weighted by Gasteiger charge is -2.17. The number of thioether (sulfide) groups is 3. The van der Waals surface area contributed by atoms with Crippen molar-refractivity contribution in [2.24, 2.45) is 0 Å². The third-order valence-electron chi connectivity index (χ3n) is 18.3. The zero-order valence-electron chi connectivity index (χ0n) is 83.1. The molecule has 0 aliphatic heterocycles. The first-order chi connectivity index (χ1) is 61.2. The van der Waals surface area contributed by atoms with Gasteiger partial charge in [-0.1, -0.05) is 108 Å². The van der Waals surface area contributed by atoms with Crippen LogP contribution in [0.2, 0.25) is 0 Å². The summed E-state index contributed by atoms with van der Waals surface area (Å²) >= 11 is 1.34. The van der Waals surface area contributed by atoms with Crippen LogP contribution < -0.4 is 16.0 Å². The van der Waals surface area contributed by atoms with E-state index in [4.69, 9.17) is 53.6 Å². The van der Waals surface area contributed by atoms with E-state index in [1.807, 2.05) is 0 Å². The lowest BCUT2D eigenvalue weighted by atomic mass is 10.1. The Morgan fingerprint density at radius 1 is 0.481 bits per heavy atom. The minimum Gasteiger partial charge on any atom is -0.394 e. The summed E-state index contributed by atoms with van der Waals surface area (Å²) in [5.41, 5.74) is -6.12. The van der Waals surface area contributed by atoms with Gasteiger partial charge >= 0.3 is 0 Å². The van der Waals surface area contributed by atoms with Crippen LogP contribution >= 0.6 is 35.3 Å². The molecule has 0 amide bonds. The first-order valence-corrected chi connectivity index (χ1v) is 36.2. The SMILES string of the molecule is [2H]C([2H])(C)C([2H])([2H])Sc1nc(N[C@@H]2C([2H])([2H])[C@@]2([2H])c2ccc(C)c(F)c2)c2nnn([C@@H]3C[C@H](OCCO)[C@@H](O)[C@H]3O)c2n1.[2H]C([2H])(CC)Sc1nc(N[C@@H]2C([2H])([2H])[C@@]2([2H])c2ccc(C)c(F)c2)c2nnn([C@@H]3C[C@H](OC([2H])([2H])C([2H])([2H])O)[C@@H](O)[C@H]3O)c2n1.[2H]C([2H])(O)CO[C@H]1C[C@@H](n2nnc3c(N[C@@H]4C([2H])([2H])[C@@]4([2H])c4ccc(C)c(F)c4)nc(SC([2H])([2H])C([2H])([2H])C)nc32)[C@H](O)[C@@H]1O. The predicted octanol–water partition coefficient (Wildman–Crippen LogP) is 6.55. The van der Waals surface area contributed by atoms with Crippen LogP contribution in [0, 0.1) is 38.2 Å². The molecule has 0 unspecified atom stereocenters. The smallest absolute Gasteiger partial charge is 0.191 e. The third kappa shape index (κ3) is 17.5. The summed E-state index contributed by atoms with van der Waals surface area (Å²) in [6, 6.07) is 5.03. The Labute approximate surface area is 668 Å². The number of anilines is 3. The summed E-state index contributed by atoms with van der Waals surface area (Å²) < 4.78 is 266. The number of aliphatic hydroxyl groups is 9. The van der Waals surface area contributed by atoms with Crippen LogP contribution in [0.25, 0.3) is 33.5 Å². The van der Waals surface area contributed by atoms with Crippen molar-refractivity contribution in [2.45, 2.75) is 223 Å². The van der Waals surface area contributed by atoms with Gasteiger partial charge in [0.2, 0.25) is 0 Å². The highest BCUT2D eigenvalue weighted by molar-refractivity contribution is 7.99. The Kier molecular flexibility index (Phi) is 17.2. The van der Waals surface area contributed by atoms with Crippen molar-refractivity contribution < 1.29 is 108 Å². The highest BCUT2D eigenvalue weighted by atomic mass is 32.2. The molecule has 6 heterocycles. The zero-order chi connectivity index (χ0) is 98.7. The van der Waals surface area contributed by atoms with Gasteiger partial charge in [-0.2, -0.15) is 0 Å². The molecule has 3 aromatic carbocycles. The summed E-state index contributed by atoms with van der Waals surface area (Å²) in [5.74, 6) is -8.09. The molecule has 108 heavy (non-hydrogen) atoms. The van der Waals surface area contributed by atoms with Gasteiger partial charge in [-0.3, -0.25) is 0 Å². The van der Waals surface area contributed by atoms with Gasteiger partial charge in [-0.15, -0.1) is 15.3 Å². The highest BCUT2D eigenvalue weighted by Gasteiger charge is 2.49. The van der Waals surface area contributed by atoms with Crippen LogP contribution in [0.1, 0.15) is 182 Å². The van der Waals surface area contributed by atoms with Crippen LogP contribution in [0.3, 0.4) is 0 Å². The third-order valence-corrected chi connectivity index (χ3v) is 20.4. The van der Waals surface area contributed by atoms with Gasteiger partial charge in [0.1, 0.15) is 54.1 Å². The average molecular weight is 1580 g/mol. The molecule has 18 atom stereocenters. The summed E-state index contributed by atoms with van der Waals surface area (Å²) in [6.07, 6.45) is -24.3. The van der Waals surface area contributed by atoms with Crippen molar-refractivity contribution in [1.29, 1.82) is 0 Å². The number of nitrogens with zero attached hydrogens (tertiary/aromatic N) is 15. The summed E-state index contributed by atoms with van der Waals surface area (Å²) in [6.45, 7) is -2.24. The van der Waals surface area contributed by atoms with Crippen molar-refractivity contribution in [3.8, 4) is 0 Å². The second-order valence-electron chi connectivity index (χ2n) is 25.4. The first-order valence-electron chi connectivity index (χ1n) is 46.3. The maximum atomic E-state index is 14.4. The fourth-order valence-electron chi connectivity index (χ4n) is 12.5. The fourth-order valence-corrected chi connectivity index (χ4v) is 14.0. The molecule has 582 valence electrons. The summed E-state index contributed by atoms with van der Waals surface area (Å²) in [5, 5.41) is 124. The van der Waals surface area contributed by atoms with Crippen LogP contribution in [-0.4, -0.2) is 251 Å². The Hall–Kier alpha value is -7.14. The van der Waals surface area contributed by atoms with Gasteiger partial charge in [0.05, 0.1) is 84.2 Å². The van der Waals surface area contributed by atoms with Gasteiger partial charge < -0.3 is 76.1 Å². The van der Waals surface area contributed by atoms with Crippen LogP contribution in [0.15, 0.2) is 70.1 Å². The Bertz CT molecular complexity index is 5850. The maximum absolute atomic E-state index is 14.4. The molecule has 6 aromatic heterocycles. The number of nitrogens with one attached hydrogen (secondary N) is 3. The number of fused-ring (bicyclic) bond motifs is 3. The monoisotopic (exact) mass is 1580 g/mol. The lowest BCUT2D eigenvalue weighted by molar-refractivity contribution is -0.0629. The molecule has 6 saturated carbocycles. The predicted molar refractivity (Wildman–Crippen MR) is 398 cm³/mol. The molecule has 0 radical (unpaired) electrons. The molecule has 12 N–H and O–H groups in total. The minimum atomic E-state index is -3.43. The number of hydrogen-bond donors (Lipinski definition) is 12. The summed E-state index contributed by atoms with van der Waals surface area (Å²) in [4.78, 5) is 25.9. The van der Waals surface area contributed by atoms with E-state index >= 15 is 0 Å². The number of halogens is 3. The van der Waals surface area contributed by atoms with Gasteiger partial charge in [0.25, 0.3) is 0 Å². The van der Waals surface area contributed by atoms with Crippen molar-refractivity contribution in [3.63, 3.8) is 0 Å². The first kappa shape index (κ1) is 52.9. The number of ether oxygens (including phenoxy) is 3. The normalized spacial score (nSPS) is 35.5. The zero-order valence-corrected chi connectivity index (χ0v) is 60.6. The van der Waals surface area contributed by atoms with E-state index in [9.17, 15) is 54.0 Å². The Morgan fingerprint density at radius 2 is 0.824 bits per heavy atom. The molecule has 6 aliphatic carbocycles. The van der Waals surface area contributed by atoms with Gasteiger partial charge in [0, 0.05) is 98.2 Å². The number of aliphatic hydroxyl groups excluding tert-OH is 7. The number of aryl methyl sites for hydroxylation is 3. The molecule has 6 aliphatic rings. The quantitative estimate of drug-likeness (QED) is 0.0168. The van der Waals surface area contributed by atoms with Crippen molar-refractivity contribution >= 4 is 86.2 Å². The second kappa shape index (κ2) is 35.1. The molecule has 30 nitrogen and oxygen atoms in total. The molecule has 36 heteroatoms. The van der Waals surface area contributed by atoms with Gasteiger partial charge in [-0.05, 0) is 111 Å². The van der Waals surface area contributed by atoms with Crippen LogP contribution in [-0.2, 0) is 14.2 Å². The molecule has 0 saturated heterocycles. The molecule has 0 spiro atoms. The van der Waals surface area contributed by atoms with Crippen LogP contribution in [0.4, 0.5) is 30.6 Å². The summed E-state index contributed by atoms with van der Waals surface area (Å²) in [7, 11) is 0. The highest BCUT2D eigenvalue weighted by Crippen LogP contribution is 2.48. The lowest BCUT2D eigenvalue weighted by Crippen LogP contribution is -2.33. The Morgan fingerprint density at radius 3 is 1.14 bits per heavy atom. The largest absolute Gasteiger partial charge is 0.394 e. The van der Waals surface area contributed by atoms with Crippen LogP contribution in [0.5, 0.6) is 0 Å².